The first kappa shape index (κ1) is 20.1. The predicted molar refractivity (Wildman–Crippen MR) is 108 cm³/mol. The minimum Gasteiger partial charge on any atom is -0.481 e. The van der Waals surface area contributed by atoms with Crippen LogP contribution in [-0.2, 0) is 25.2 Å². The third-order valence-corrected chi connectivity index (χ3v) is 6.01. The summed E-state index contributed by atoms with van der Waals surface area (Å²) in [7, 11) is 0. The van der Waals surface area contributed by atoms with Crippen molar-refractivity contribution in [3.05, 3.63) is 71.8 Å². The standard InChI is InChI=1S/2C12H14O2/c1-2-14-11(13)12(8-9-12)10-6-4-3-5-7-10;1-2-9-8-12(9,11(13)14)10-6-4-3-5-7-10/h3-7H,2,8-9H2,1H3;3-7,9H,2,8H2,1H3,(H,13,14). The molecule has 148 valence electrons. The summed E-state index contributed by atoms with van der Waals surface area (Å²) in [5, 5.41) is 9.26. The van der Waals surface area contributed by atoms with Crippen LogP contribution in [0.15, 0.2) is 60.7 Å². The smallest absolute Gasteiger partial charge is 0.316 e. The van der Waals surface area contributed by atoms with Gasteiger partial charge in [-0.05, 0) is 43.2 Å². The maximum absolute atomic E-state index is 11.7. The van der Waals surface area contributed by atoms with Gasteiger partial charge in [-0.15, -0.1) is 0 Å². The number of ether oxygens (including phenoxy) is 1. The van der Waals surface area contributed by atoms with Gasteiger partial charge in [0.25, 0.3) is 0 Å². The van der Waals surface area contributed by atoms with Gasteiger partial charge in [0.05, 0.1) is 17.4 Å². The van der Waals surface area contributed by atoms with Gasteiger partial charge in [0, 0.05) is 0 Å². The molecule has 2 saturated carbocycles. The van der Waals surface area contributed by atoms with Crippen LogP contribution < -0.4 is 0 Å². The average molecular weight is 380 g/mol. The number of hydrogen-bond acceptors (Lipinski definition) is 3. The third-order valence-electron chi connectivity index (χ3n) is 6.01. The molecular weight excluding hydrogens is 352 g/mol. The molecule has 0 spiro atoms. The Labute approximate surface area is 166 Å². The minimum atomic E-state index is -0.671. The maximum Gasteiger partial charge on any atom is 0.316 e. The lowest BCUT2D eigenvalue weighted by molar-refractivity contribution is -0.146. The van der Waals surface area contributed by atoms with Crippen LogP contribution in [0.4, 0.5) is 0 Å². The van der Waals surface area contributed by atoms with Crippen molar-refractivity contribution in [1.29, 1.82) is 0 Å². The van der Waals surface area contributed by atoms with Crippen molar-refractivity contribution in [2.45, 2.75) is 50.4 Å². The molecule has 0 bridgehead atoms. The molecule has 4 heteroatoms. The highest BCUT2D eigenvalue weighted by atomic mass is 16.5. The normalized spacial score (nSPS) is 23.7. The monoisotopic (exact) mass is 380 g/mol. The number of rotatable bonds is 6. The summed E-state index contributed by atoms with van der Waals surface area (Å²) in [6.45, 7) is 4.37. The Morgan fingerprint density at radius 1 is 0.964 bits per heavy atom. The second-order valence-electron chi connectivity index (χ2n) is 7.62. The summed E-state index contributed by atoms with van der Waals surface area (Å²) in [5.74, 6) is -0.413. The molecule has 0 aliphatic heterocycles. The summed E-state index contributed by atoms with van der Waals surface area (Å²) in [5.41, 5.74) is 1.17. The van der Waals surface area contributed by atoms with Crippen molar-refractivity contribution < 1.29 is 19.4 Å². The highest BCUT2D eigenvalue weighted by molar-refractivity contribution is 5.86. The molecule has 4 rings (SSSR count). The molecule has 2 aromatic carbocycles. The van der Waals surface area contributed by atoms with E-state index in [1.807, 2.05) is 67.6 Å². The van der Waals surface area contributed by atoms with Gasteiger partial charge in [0.15, 0.2) is 0 Å². The van der Waals surface area contributed by atoms with Crippen molar-refractivity contribution in [2.24, 2.45) is 5.92 Å². The van der Waals surface area contributed by atoms with Gasteiger partial charge in [0.1, 0.15) is 0 Å². The minimum absolute atomic E-state index is 0.0637. The Bertz CT molecular complexity index is 811. The van der Waals surface area contributed by atoms with Crippen LogP contribution in [0.2, 0.25) is 0 Å². The van der Waals surface area contributed by atoms with Crippen LogP contribution in [0.1, 0.15) is 50.7 Å². The summed E-state index contributed by atoms with van der Waals surface area (Å²) < 4.78 is 5.08. The Balaban J connectivity index is 0.000000161. The van der Waals surface area contributed by atoms with Gasteiger partial charge < -0.3 is 9.84 Å². The van der Waals surface area contributed by atoms with E-state index < -0.39 is 11.4 Å². The lowest BCUT2D eigenvalue weighted by Gasteiger charge is -2.13. The molecule has 0 heterocycles. The molecule has 0 amide bonds. The van der Waals surface area contributed by atoms with Gasteiger partial charge in [0.2, 0.25) is 0 Å². The molecule has 0 radical (unpaired) electrons. The van der Waals surface area contributed by atoms with Crippen LogP contribution >= 0.6 is 0 Å². The molecular formula is C24H28O4. The largest absolute Gasteiger partial charge is 0.481 e. The van der Waals surface area contributed by atoms with E-state index in [1.165, 1.54) is 0 Å². The van der Waals surface area contributed by atoms with Gasteiger partial charge >= 0.3 is 11.9 Å². The first-order chi connectivity index (χ1) is 13.5. The lowest BCUT2D eigenvalue weighted by atomic mass is 9.93. The summed E-state index contributed by atoms with van der Waals surface area (Å²) in [6, 6.07) is 19.5. The predicted octanol–water partition coefficient (Wildman–Crippen LogP) is 4.72. The average Bonchev–Trinajstić information content (AvgIpc) is 3.64. The molecule has 0 aromatic heterocycles. The molecule has 2 unspecified atom stereocenters. The highest BCUT2D eigenvalue weighted by Crippen LogP contribution is 2.56. The Morgan fingerprint density at radius 2 is 1.50 bits per heavy atom. The number of carbonyl (C=O) groups excluding carboxylic acids is 1. The Kier molecular flexibility index (Phi) is 5.87. The second-order valence-corrected chi connectivity index (χ2v) is 7.62. The van der Waals surface area contributed by atoms with E-state index in [2.05, 4.69) is 6.92 Å². The fourth-order valence-electron chi connectivity index (χ4n) is 4.06. The van der Waals surface area contributed by atoms with E-state index in [0.717, 1.165) is 36.8 Å². The molecule has 2 aromatic rings. The Hall–Kier alpha value is -2.62. The van der Waals surface area contributed by atoms with Crippen LogP contribution in [0, 0.1) is 5.92 Å². The van der Waals surface area contributed by atoms with E-state index in [9.17, 15) is 14.7 Å². The van der Waals surface area contributed by atoms with E-state index in [4.69, 9.17) is 4.74 Å². The van der Waals surface area contributed by atoms with Crippen LogP contribution in [0.5, 0.6) is 0 Å². The third kappa shape index (κ3) is 3.68. The van der Waals surface area contributed by atoms with E-state index in [1.54, 1.807) is 0 Å². The SMILES string of the molecule is CCC1CC1(C(=O)O)c1ccccc1.CCOC(=O)C1(c2ccccc2)CC1. The van der Waals surface area contributed by atoms with Crippen molar-refractivity contribution >= 4 is 11.9 Å². The van der Waals surface area contributed by atoms with Gasteiger partial charge in [-0.1, -0.05) is 74.0 Å². The van der Waals surface area contributed by atoms with E-state index >= 15 is 0 Å². The van der Waals surface area contributed by atoms with Crippen LogP contribution in [-0.4, -0.2) is 23.7 Å². The number of esters is 1. The highest BCUT2D eigenvalue weighted by Gasteiger charge is 2.60. The molecule has 28 heavy (non-hydrogen) atoms. The van der Waals surface area contributed by atoms with Gasteiger partial charge in [-0.3, -0.25) is 9.59 Å². The number of hydrogen-bond donors (Lipinski definition) is 1. The molecule has 2 fully saturated rings. The number of benzene rings is 2. The quantitative estimate of drug-likeness (QED) is 0.737. The second kappa shape index (κ2) is 8.17. The number of carboxylic acid groups (broad SMARTS) is 1. The molecule has 0 saturated heterocycles. The first-order valence-corrected chi connectivity index (χ1v) is 10.0. The summed E-state index contributed by atoms with van der Waals surface area (Å²) >= 11 is 0. The summed E-state index contributed by atoms with van der Waals surface area (Å²) in [4.78, 5) is 23.0. The first-order valence-electron chi connectivity index (χ1n) is 10.0. The van der Waals surface area contributed by atoms with Gasteiger partial charge in [-0.25, -0.2) is 0 Å². The zero-order chi connectivity index (χ0) is 20.2. The van der Waals surface area contributed by atoms with Crippen molar-refractivity contribution in [3.8, 4) is 0 Å². The van der Waals surface area contributed by atoms with Crippen molar-refractivity contribution in [1.82, 2.24) is 0 Å². The zero-order valence-electron chi connectivity index (χ0n) is 16.6. The van der Waals surface area contributed by atoms with Crippen molar-refractivity contribution in [2.75, 3.05) is 6.61 Å². The molecule has 4 nitrogen and oxygen atoms in total. The van der Waals surface area contributed by atoms with E-state index in [0.29, 0.717) is 12.5 Å². The lowest BCUT2D eigenvalue weighted by Crippen LogP contribution is -2.22. The summed E-state index contributed by atoms with van der Waals surface area (Å²) in [6.07, 6.45) is 3.59. The topological polar surface area (TPSA) is 63.6 Å². The zero-order valence-corrected chi connectivity index (χ0v) is 16.6. The van der Waals surface area contributed by atoms with Crippen LogP contribution in [0.25, 0.3) is 0 Å². The number of carboxylic acids is 1. The molecule has 1 N–H and O–H groups in total. The molecule has 2 atom stereocenters. The molecule has 2 aliphatic rings. The van der Waals surface area contributed by atoms with Crippen molar-refractivity contribution in [3.63, 3.8) is 0 Å². The fraction of sp³-hybridized carbons (Fsp3) is 0.417. The fourth-order valence-corrected chi connectivity index (χ4v) is 4.06. The van der Waals surface area contributed by atoms with Gasteiger partial charge in [-0.2, -0.15) is 0 Å². The Morgan fingerprint density at radius 3 is 1.89 bits per heavy atom. The van der Waals surface area contributed by atoms with E-state index in [-0.39, 0.29) is 11.4 Å². The van der Waals surface area contributed by atoms with Crippen LogP contribution in [0.3, 0.4) is 0 Å². The number of carbonyl (C=O) groups is 2. The maximum atomic E-state index is 11.7. The number of aliphatic carboxylic acids is 1. The molecule has 2 aliphatic carbocycles.